The van der Waals surface area contributed by atoms with Crippen LogP contribution in [0.25, 0.3) is 0 Å². The van der Waals surface area contributed by atoms with Crippen LogP contribution in [-0.4, -0.2) is 41.5 Å². The van der Waals surface area contributed by atoms with E-state index in [2.05, 4.69) is 18.8 Å². The maximum absolute atomic E-state index is 14.0. The van der Waals surface area contributed by atoms with Gasteiger partial charge in [0.1, 0.15) is 4.88 Å². The van der Waals surface area contributed by atoms with Gasteiger partial charge in [0.25, 0.3) is 0 Å². The summed E-state index contributed by atoms with van der Waals surface area (Å²) in [7, 11) is -2.61. The van der Waals surface area contributed by atoms with E-state index in [-0.39, 0.29) is 34.3 Å². The second-order valence-corrected chi connectivity index (χ2v) is 15.9. The van der Waals surface area contributed by atoms with E-state index in [9.17, 15) is 19.3 Å². The van der Waals surface area contributed by atoms with Gasteiger partial charge in [-0.05, 0) is 84.1 Å². The molecule has 1 aromatic heterocycles. The number of carbonyl (C=O) groups is 2. The van der Waals surface area contributed by atoms with Gasteiger partial charge in [-0.2, -0.15) is 0 Å². The lowest BCUT2D eigenvalue weighted by Gasteiger charge is -2.40. The molecule has 2 aliphatic carbocycles. The van der Waals surface area contributed by atoms with Crippen molar-refractivity contribution in [2.75, 3.05) is 17.2 Å². The molecule has 6 nitrogen and oxygen atoms in total. The van der Waals surface area contributed by atoms with Gasteiger partial charge >= 0.3 is 5.97 Å². The molecule has 0 aromatic carbocycles. The lowest BCUT2D eigenvalue weighted by molar-refractivity contribution is -0.124. The van der Waals surface area contributed by atoms with Crippen LogP contribution in [0.3, 0.4) is 0 Å². The third-order valence-corrected chi connectivity index (χ3v) is 11.3. The first-order valence-electron chi connectivity index (χ1n) is 13.9. The van der Waals surface area contributed by atoms with Crippen molar-refractivity contribution in [3.8, 4) is 11.8 Å². The molecule has 8 heteroatoms. The molecule has 0 aliphatic heterocycles. The summed E-state index contributed by atoms with van der Waals surface area (Å²) < 4.78 is 19.0. The van der Waals surface area contributed by atoms with Crippen molar-refractivity contribution in [1.82, 2.24) is 0 Å². The van der Waals surface area contributed by atoms with Crippen LogP contribution in [0.15, 0.2) is 6.07 Å². The summed E-state index contributed by atoms with van der Waals surface area (Å²) in [6.07, 6.45) is 7.53. The van der Waals surface area contributed by atoms with Crippen LogP contribution in [0.2, 0.25) is 0 Å². The van der Waals surface area contributed by atoms with Crippen molar-refractivity contribution in [2.24, 2.45) is 17.3 Å². The summed E-state index contributed by atoms with van der Waals surface area (Å²) in [6.45, 7) is 12.1. The molecule has 0 bridgehead atoms. The highest BCUT2D eigenvalue weighted by Crippen LogP contribution is 2.49. The molecule has 206 valence electrons. The van der Waals surface area contributed by atoms with Crippen molar-refractivity contribution < 1.29 is 23.8 Å². The Hall–Kier alpha value is -1.61. The molecule has 37 heavy (non-hydrogen) atoms. The maximum atomic E-state index is 14.0. The molecule has 3 rings (SSSR count). The summed E-state index contributed by atoms with van der Waals surface area (Å²) in [4.78, 5) is 29.0. The molecule has 1 N–H and O–H groups in total. The van der Waals surface area contributed by atoms with Gasteiger partial charge < -0.3 is 14.5 Å². The Balaban J connectivity index is 1.92. The fourth-order valence-corrected chi connectivity index (χ4v) is 7.62. The molecule has 1 aromatic rings. The van der Waals surface area contributed by atoms with E-state index in [1.54, 1.807) is 11.0 Å². The lowest BCUT2D eigenvalue weighted by Crippen LogP contribution is -2.47. The van der Waals surface area contributed by atoms with E-state index in [4.69, 9.17) is 4.52 Å². The van der Waals surface area contributed by atoms with Crippen molar-refractivity contribution in [3.05, 3.63) is 15.8 Å². The molecule has 1 heterocycles. The van der Waals surface area contributed by atoms with E-state index in [0.717, 1.165) is 37.0 Å². The molecule has 0 radical (unpaired) electrons. The molecular weight excluding hydrogens is 505 g/mol. The summed E-state index contributed by atoms with van der Waals surface area (Å²) in [5, 5.41) is 10.1. The summed E-state index contributed by atoms with van der Waals surface area (Å²) in [5.74, 6) is 5.88. The minimum atomic E-state index is -2.61. The number of carboxylic acids is 1. The van der Waals surface area contributed by atoms with Gasteiger partial charge in [0.15, 0.2) is 0 Å². The number of anilines is 1. The second kappa shape index (κ2) is 12.5. The molecule has 2 aliphatic rings. The lowest BCUT2D eigenvalue weighted by atomic mass is 9.81. The topological polar surface area (TPSA) is 83.9 Å². The first-order chi connectivity index (χ1) is 17.4. The number of thiophene rings is 1. The van der Waals surface area contributed by atoms with Gasteiger partial charge in [-0.15, -0.1) is 11.3 Å². The predicted molar refractivity (Wildman–Crippen MR) is 152 cm³/mol. The number of carbonyl (C=O) groups excluding carboxylic acids is 1. The Bertz CT molecular complexity index is 1050. The van der Waals surface area contributed by atoms with Crippen molar-refractivity contribution in [1.29, 1.82) is 0 Å². The Morgan fingerprint density at radius 2 is 1.68 bits per heavy atom. The average Bonchev–Trinajstić information content (AvgIpc) is 3.28. The molecule has 2 fully saturated rings. The Kier molecular flexibility index (Phi) is 10.1. The number of amides is 1. The van der Waals surface area contributed by atoms with Crippen LogP contribution in [-0.2, 0) is 13.9 Å². The standard InChI is InChI=1S/C29H44NO5PS/c1-7-36(34,8-2)35-23-15-13-22(14-16-23)30(27(31)21-11-9-20(3)10-12-21)25-19-24(17-18-29(4,5)6)37-26(25)28(32)33/h19-23H,7-16H2,1-6H3,(H,32,33)/t20-,21-,22-,23-. The minimum absolute atomic E-state index is 0.0414. The van der Waals surface area contributed by atoms with Crippen LogP contribution < -0.4 is 4.90 Å². The number of rotatable bonds is 8. The molecule has 1 amide bonds. The zero-order valence-corrected chi connectivity index (χ0v) is 25.1. The van der Waals surface area contributed by atoms with Crippen LogP contribution in [0, 0.1) is 29.1 Å². The Morgan fingerprint density at radius 1 is 1.08 bits per heavy atom. The third-order valence-electron chi connectivity index (χ3n) is 7.64. The minimum Gasteiger partial charge on any atom is -0.477 e. The highest BCUT2D eigenvalue weighted by molar-refractivity contribution is 7.58. The normalized spacial score (nSPS) is 24.7. The first-order valence-corrected chi connectivity index (χ1v) is 16.7. The summed E-state index contributed by atoms with van der Waals surface area (Å²) in [6, 6.07) is 1.70. The quantitative estimate of drug-likeness (QED) is 0.266. The van der Waals surface area contributed by atoms with Crippen LogP contribution >= 0.6 is 18.7 Å². The van der Waals surface area contributed by atoms with Crippen LogP contribution in [0.4, 0.5) is 5.69 Å². The Morgan fingerprint density at radius 3 is 2.19 bits per heavy atom. The summed E-state index contributed by atoms with van der Waals surface area (Å²) in [5.41, 5.74) is 0.271. The molecule has 0 atom stereocenters. The molecule has 0 spiro atoms. The van der Waals surface area contributed by atoms with E-state index in [1.165, 1.54) is 0 Å². The Labute approximate surface area is 227 Å². The van der Waals surface area contributed by atoms with Gasteiger partial charge in [0.05, 0.1) is 16.7 Å². The largest absolute Gasteiger partial charge is 0.477 e. The van der Waals surface area contributed by atoms with Crippen molar-refractivity contribution in [3.63, 3.8) is 0 Å². The fourth-order valence-electron chi connectivity index (χ4n) is 5.28. The number of aromatic carboxylic acids is 1. The fraction of sp³-hybridized carbons (Fsp3) is 0.724. The maximum Gasteiger partial charge on any atom is 0.348 e. The number of carboxylic acid groups (broad SMARTS) is 1. The van der Waals surface area contributed by atoms with Gasteiger partial charge in [-0.25, -0.2) is 4.79 Å². The van der Waals surface area contributed by atoms with E-state index >= 15 is 0 Å². The van der Waals surface area contributed by atoms with Gasteiger partial charge in [-0.1, -0.05) is 32.6 Å². The zero-order chi connectivity index (χ0) is 27.4. The number of nitrogens with zero attached hydrogens (tertiary/aromatic N) is 1. The first kappa shape index (κ1) is 29.9. The van der Waals surface area contributed by atoms with Gasteiger partial charge in [0.2, 0.25) is 13.3 Å². The molecule has 0 saturated heterocycles. The highest BCUT2D eigenvalue weighted by atomic mass is 32.1. The SMILES string of the molecule is CCP(=O)(CC)O[C@H]1CC[C@H](N(c2cc(C#CC(C)(C)C)sc2C(=O)O)C(=O)[C@H]2CC[C@H](C)CC2)CC1. The monoisotopic (exact) mass is 549 g/mol. The molecular formula is C29H44NO5PS. The van der Waals surface area contributed by atoms with Crippen molar-refractivity contribution >= 4 is 36.3 Å². The average molecular weight is 550 g/mol. The molecule has 2 saturated carbocycles. The number of hydrogen-bond acceptors (Lipinski definition) is 5. The summed E-state index contributed by atoms with van der Waals surface area (Å²) >= 11 is 1.15. The predicted octanol–water partition coefficient (Wildman–Crippen LogP) is 7.65. The smallest absolute Gasteiger partial charge is 0.348 e. The highest BCUT2D eigenvalue weighted by Gasteiger charge is 2.38. The number of hydrogen-bond donors (Lipinski definition) is 1. The van der Waals surface area contributed by atoms with Crippen molar-refractivity contribution in [2.45, 2.75) is 105 Å². The molecule has 0 unspecified atom stereocenters. The van der Waals surface area contributed by atoms with Crippen LogP contribution in [0.1, 0.15) is 107 Å². The van der Waals surface area contributed by atoms with E-state index in [0.29, 0.717) is 54.5 Å². The van der Waals surface area contributed by atoms with Gasteiger partial charge in [-0.3, -0.25) is 9.36 Å². The van der Waals surface area contributed by atoms with Gasteiger partial charge in [0, 0.05) is 29.7 Å². The second-order valence-electron chi connectivity index (χ2n) is 11.8. The third kappa shape index (κ3) is 7.94. The van der Waals surface area contributed by atoms with Crippen LogP contribution in [0.5, 0.6) is 0 Å². The van der Waals surface area contributed by atoms with E-state index < -0.39 is 13.3 Å². The van der Waals surface area contributed by atoms with E-state index in [1.807, 2.05) is 34.6 Å². The zero-order valence-electron chi connectivity index (χ0n) is 23.3.